The van der Waals surface area contributed by atoms with E-state index in [4.69, 9.17) is 0 Å². The Morgan fingerprint density at radius 1 is 1.31 bits per heavy atom. The normalized spacial score (nSPS) is 32.5. The number of hydrogen-bond donors (Lipinski definition) is 0. The zero-order valence-electron chi connectivity index (χ0n) is 11.4. The van der Waals surface area contributed by atoms with Crippen molar-refractivity contribution in [3.8, 4) is 0 Å². The third kappa shape index (κ3) is 1.94. The molecule has 0 aromatic carbocycles. The van der Waals surface area contributed by atoms with E-state index in [0.717, 1.165) is 0 Å². The Kier molecular flexibility index (Phi) is 3.33. The van der Waals surface area contributed by atoms with Gasteiger partial charge >= 0.3 is 0 Å². The van der Waals surface area contributed by atoms with Gasteiger partial charge in [0.05, 0.1) is 0 Å². The van der Waals surface area contributed by atoms with Crippen molar-refractivity contribution in [1.82, 2.24) is 0 Å². The van der Waals surface area contributed by atoms with Gasteiger partial charge in [0.25, 0.3) is 0 Å². The molecule has 0 heterocycles. The maximum Gasteiger partial charge on any atom is 0.136 e. The fourth-order valence-electron chi connectivity index (χ4n) is 3.43. The monoisotopic (exact) mass is 224 g/mol. The average molecular weight is 224 g/mol. The van der Waals surface area contributed by atoms with Crippen molar-refractivity contribution in [2.45, 2.75) is 54.4 Å². The zero-order chi connectivity index (χ0) is 12.7. The van der Waals surface area contributed by atoms with Crippen LogP contribution in [0.3, 0.4) is 0 Å². The molecule has 0 bridgehead atoms. The van der Waals surface area contributed by atoms with Crippen LogP contribution in [0.15, 0.2) is 0 Å². The molecular formula is C14H24O2. The van der Waals surface area contributed by atoms with Crippen LogP contribution < -0.4 is 0 Å². The molecule has 1 fully saturated rings. The van der Waals surface area contributed by atoms with E-state index >= 15 is 0 Å². The van der Waals surface area contributed by atoms with E-state index in [1.165, 1.54) is 0 Å². The van der Waals surface area contributed by atoms with Crippen molar-refractivity contribution in [2.24, 2.45) is 22.7 Å². The van der Waals surface area contributed by atoms with Gasteiger partial charge in [0, 0.05) is 24.7 Å². The Hall–Kier alpha value is -0.660. The number of Topliss-reactive ketones (excluding diaryl/α,β-unsaturated/α-hetero) is 2. The van der Waals surface area contributed by atoms with Crippen molar-refractivity contribution in [3.63, 3.8) is 0 Å². The number of ketones is 2. The second-order valence-corrected chi connectivity index (χ2v) is 6.43. The highest BCUT2D eigenvalue weighted by Crippen LogP contribution is 2.52. The molecule has 2 nitrogen and oxygen atoms in total. The SMILES string of the molecule is CCC(=O)C1C(C)(C)CC(=O)C(C)C1(C)C. The maximum absolute atomic E-state index is 12.1. The van der Waals surface area contributed by atoms with Gasteiger partial charge in [-0.15, -0.1) is 0 Å². The lowest BCUT2D eigenvalue weighted by atomic mass is 9.51. The smallest absolute Gasteiger partial charge is 0.136 e. The van der Waals surface area contributed by atoms with Crippen molar-refractivity contribution < 1.29 is 9.59 Å². The Morgan fingerprint density at radius 3 is 2.25 bits per heavy atom. The highest BCUT2D eigenvalue weighted by Gasteiger charge is 2.53. The van der Waals surface area contributed by atoms with Crippen LogP contribution >= 0.6 is 0 Å². The largest absolute Gasteiger partial charge is 0.299 e. The predicted octanol–water partition coefficient (Wildman–Crippen LogP) is 3.24. The van der Waals surface area contributed by atoms with Crippen LogP contribution in [0.2, 0.25) is 0 Å². The van der Waals surface area contributed by atoms with E-state index < -0.39 is 0 Å². The molecule has 2 unspecified atom stereocenters. The Bertz CT molecular complexity index is 313. The second-order valence-electron chi connectivity index (χ2n) is 6.43. The molecule has 1 aliphatic carbocycles. The molecule has 1 saturated carbocycles. The van der Waals surface area contributed by atoms with Crippen molar-refractivity contribution in [1.29, 1.82) is 0 Å². The Labute approximate surface area is 98.8 Å². The van der Waals surface area contributed by atoms with E-state index in [2.05, 4.69) is 27.7 Å². The van der Waals surface area contributed by atoms with Gasteiger partial charge in [0.2, 0.25) is 0 Å². The molecule has 0 radical (unpaired) electrons. The molecule has 0 spiro atoms. The lowest BCUT2D eigenvalue weighted by Gasteiger charge is -2.50. The summed E-state index contributed by atoms with van der Waals surface area (Å²) < 4.78 is 0. The van der Waals surface area contributed by atoms with Crippen molar-refractivity contribution in [3.05, 3.63) is 0 Å². The van der Waals surface area contributed by atoms with E-state index in [-0.39, 0.29) is 22.7 Å². The topological polar surface area (TPSA) is 34.1 Å². The minimum Gasteiger partial charge on any atom is -0.299 e. The Balaban J connectivity index is 3.19. The molecule has 1 aliphatic rings. The maximum atomic E-state index is 12.1. The number of carbonyl (C=O) groups is 2. The van der Waals surface area contributed by atoms with Gasteiger partial charge in [-0.05, 0) is 10.8 Å². The minimum absolute atomic E-state index is 0.00213. The minimum atomic E-state index is -0.216. The summed E-state index contributed by atoms with van der Waals surface area (Å²) in [5.74, 6) is 0.586. The van der Waals surface area contributed by atoms with Gasteiger partial charge in [-0.25, -0.2) is 0 Å². The Morgan fingerprint density at radius 2 is 1.81 bits per heavy atom. The molecule has 0 aromatic heterocycles. The molecule has 2 heteroatoms. The highest BCUT2D eigenvalue weighted by molar-refractivity contribution is 5.89. The van der Waals surface area contributed by atoms with Gasteiger partial charge in [0.15, 0.2) is 0 Å². The lowest BCUT2D eigenvalue weighted by molar-refractivity contribution is -0.149. The summed E-state index contributed by atoms with van der Waals surface area (Å²) in [6, 6.07) is 0. The summed E-state index contributed by atoms with van der Waals surface area (Å²) in [7, 11) is 0. The first-order valence-electron chi connectivity index (χ1n) is 6.20. The molecule has 0 N–H and O–H groups in total. The predicted molar refractivity (Wildman–Crippen MR) is 65.1 cm³/mol. The summed E-state index contributed by atoms with van der Waals surface area (Å²) in [6.45, 7) is 12.1. The van der Waals surface area contributed by atoms with E-state index in [1.807, 2.05) is 13.8 Å². The average Bonchev–Trinajstić information content (AvgIpc) is 2.12. The van der Waals surface area contributed by atoms with E-state index in [9.17, 15) is 9.59 Å². The summed E-state index contributed by atoms with van der Waals surface area (Å²) in [5.41, 5.74) is -0.411. The molecule has 0 amide bonds. The quantitative estimate of drug-likeness (QED) is 0.721. The molecule has 0 aliphatic heterocycles. The standard InChI is InChI=1S/C14H24O2/c1-7-10(15)12-13(3,4)8-11(16)9(2)14(12,5)6/h9,12H,7-8H2,1-6H3. The molecular weight excluding hydrogens is 200 g/mol. The van der Waals surface area contributed by atoms with Crippen LogP contribution in [0.5, 0.6) is 0 Å². The number of hydrogen-bond acceptors (Lipinski definition) is 2. The van der Waals surface area contributed by atoms with Crippen LogP contribution in [-0.2, 0) is 9.59 Å². The zero-order valence-corrected chi connectivity index (χ0v) is 11.4. The third-order valence-electron chi connectivity index (χ3n) is 4.42. The van der Waals surface area contributed by atoms with Gasteiger partial charge in [-0.3, -0.25) is 9.59 Å². The summed E-state index contributed by atoms with van der Waals surface area (Å²) >= 11 is 0. The summed E-state index contributed by atoms with van der Waals surface area (Å²) in [4.78, 5) is 24.1. The van der Waals surface area contributed by atoms with Gasteiger partial charge in [-0.2, -0.15) is 0 Å². The summed E-state index contributed by atoms with van der Waals surface area (Å²) in [6.07, 6.45) is 1.10. The van der Waals surface area contributed by atoms with Crippen molar-refractivity contribution >= 4 is 11.6 Å². The molecule has 2 atom stereocenters. The van der Waals surface area contributed by atoms with E-state index in [1.54, 1.807) is 0 Å². The second kappa shape index (κ2) is 3.97. The third-order valence-corrected chi connectivity index (χ3v) is 4.42. The van der Waals surface area contributed by atoms with Gasteiger partial charge < -0.3 is 0 Å². The molecule has 16 heavy (non-hydrogen) atoms. The van der Waals surface area contributed by atoms with Crippen LogP contribution in [0, 0.1) is 22.7 Å². The van der Waals surface area contributed by atoms with Crippen LogP contribution in [0.4, 0.5) is 0 Å². The molecule has 0 saturated heterocycles. The van der Waals surface area contributed by atoms with Crippen LogP contribution in [0.1, 0.15) is 54.4 Å². The summed E-state index contributed by atoms with van der Waals surface area (Å²) in [5, 5.41) is 0. The molecule has 1 rings (SSSR count). The fourth-order valence-corrected chi connectivity index (χ4v) is 3.43. The van der Waals surface area contributed by atoms with E-state index in [0.29, 0.717) is 24.4 Å². The van der Waals surface area contributed by atoms with Crippen LogP contribution in [-0.4, -0.2) is 11.6 Å². The first-order chi connectivity index (χ1) is 7.14. The number of rotatable bonds is 2. The number of carbonyl (C=O) groups excluding carboxylic acids is 2. The highest BCUT2D eigenvalue weighted by atomic mass is 16.1. The van der Waals surface area contributed by atoms with Crippen LogP contribution in [0.25, 0.3) is 0 Å². The fraction of sp³-hybridized carbons (Fsp3) is 0.857. The first kappa shape index (κ1) is 13.4. The van der Waals surface area contributed by atoms with Gasteiger partial charge in [0.1, 0.15) is 11.6 Å². The van der Waals surface area contributed by atoms with Gasteiger partial charge in [-0.1, -0.05) is 41.5 Å². The first-order valence-corrected chi connectivity index (χ1v) is 6.20. The molecule has 92 valence electrons. The van der Waals surface area contributed by atoms with Crippen molar-refractivity contribution in [2.75, 3.05) is 0 Å². The molecule has 0 aromatic rings. The lowest BCUT2D eigenvalue weighted by Crippen LogP contribution is -2.52.